The Bertz CT molecular complexity index is 666. The fourth-order valence-corrected chi connectivity index (χ4v) is 4.37. The van der Waals surface area contributed by atoms with Crippen LogP contribution in [0.3, 0.4) is 0 Å². The molecule has 2 aromatic heterocycles. The Labute approximate surface area is 127 Å². The SMILES string of the molecule is CCNC(Cc1nc2ccccc2s1)c1cscc1C. The molecule has 3 aromatic rings. The maximum atomic E-state index is 4.76. The van der Waals surface area contributed by atoms with Crippen molar-refractivity contribution in [1.29, 1.82) is 0 Å². The van der Waals surface area contributed by atoms with E-state index in [1.807, 2.05) is 0 Å². The molecule has 0 radical (unpaired) electrons. The van der Waals surface area contributed by atoms with Gasteiger partial charge in [0.2, 0.25) is 0 Å². The van der Waals surface area contributed by atoms with Crippen LogP contribution in [0.5, 0.6) is 0 Å². The standard InChI is InChI=1S/C16H18N2S2/c1-3-17-14(12-10-19-9-11(12)2)8-16-18-13-6-4-5-7-15(13)20-16/h4-7,9-10,14,17H,3,8H2,1-2H3. The van der Waals surface area contributed by atoms with Crippen molar-refractivity contribution in [2.75, 3.05) is 6.54 Å². The summed E-state index contributed by atoms with van der Waals surface area (Å²) in [5.41, 5.74) is 3.91. The first-order valence-electron chi connectivity index (χ1n) is 6.88. The minimum Gasteiger partial charge on any atom is -0.310 e. The first kappa shape index (κ1) is 13.7. The highest BCUT2D eigenvalue weighted by Gasteiger charge is 2.16. The van der Waals surface area contributed by atoms with Crippen molar-refractivity contribution in [3.63, 3.8) is 0 Å². The van der Waals surface area contributed by atoms with Gasteiger partial charge in [0.25, 0.3) is 0 Å². The second-order valence-corrected chi connectivity index (χ2v) is 6.76. The molecule has 0 saturated carbocycles. The number of likely N-dealkylation sites (N-methyl/N-ethyl adjacent to an activating group) is 1. The molecular formula is C16H18N2S2. The lowest BCUT2D eigenvalue weighted by Crippen LogP contribution is -2.23. The molecule has 20 heavy (non-hydrogen) atoms. The number of nitrogens with zero attached hydrogens (tertiary/aromatic N) is 1. The van der Waals surface area contributed by atoms with Crippen LogP contribution in [0, 0.1) is 6.92 Å². The molecule has 1 N–H and O–H groups in total. The molecular weight excluding hydrogens is 284 g/mol. The lowest BCUT2D eigenvalue weighted by molar-refractivity contribution is 0.548. The van der Waals surface area contributed by atoms with E-state index >= 15 is 0 Å². The molecule has 2 nitrogen and oxygen atoms in total. The summed E-state index contributed by atoms with van der Waals surface area (Å²) in [6.07, 6.45) is 0.963. The summed E-state index contributed by atoms with van der Waals surface area (Å²) >= 11 is 3.59. The van der Waals surface area contributed by atoms with Gasteiger partial charge in [-0.15, -0.1) is 11.3 Å². The van der Waals surface area contributed by atoms with Crippen LogP contribution < -0.4 is 5.32 Å². The van der Waals surface area contributed by atoms with E-state index in [4.69, 9.17) is 4.98 Å². The van der Waals surface area contributed by atoms with Crippen molar-refractivity contribution in [1.82, 2.24) is 10.3 Å². The number of thiazole rings is 1. The highest BCUT2D eigenvalue weighted by Crippen LogP contribution is 2.28. The van der Waals surface area contributed by atoms with E-state index in [1.165, 1.54) is 20.8 Å². The Hall–Kier alpha value is -1.23. The van der Waals surface area contributed by atoms with E-state index in [9.17, 15) is 0 Å². The molecule has 0 amide bonds. The number of rotatable bonds is 5. The molecule has 0 fully saturated rings. The highest BCUT2D eigenvalue weighted by molar-refractivity contribution is 7.18. The summed E-state index contributed by atoms with van der Waals surface area (Å²) in [6.45, 7) is 5.33. The average molecular weight is 302 g/mol. The Morgan fingerprint density at radius 3 is 2.80 bits per heavy atom. The van der Waals surface area contributed by atoms with Gasteiger partial charge in [0.05, 0.1) is 15.2 Å². The maximum absolute atomic E-state index is 4.76. The number of nitrogens with one attached hydrogen (secondary N) is 1. The Kier molecular flexibility index (Phi) is 4.15. The number of para-hydroxylation sites is 1. The van der Waals surface area contributed by atoms with E-state index in [-0.39, 0.29) is 0 Å². The normalized spacial score (nSPS) is 12.9. The van der Waals surface area contributed by atoms with E-state index in [0.717, 1.165) is 18.5 Å². The molecule has 0 bridgehead atoms. The van der Waals surface area contributed by atoms with Gasteiger partial charge in [-0.05, 0) is 47.5 Å². The monoisotopic (exact) mass is 302 g/mol. The Balaban J connectivity index is 1.88. The summed E-state index contributed by atoms with van der Waals surface area (Å²) in [5.74, 6) is 0. The summed E-state index contributed by atoms with van der Waals surface area (Å²) in [5, 5.41) is 9.28. The summed E-state index contributed by atoms with van der Waals surface area (Å²) in [4.78, 5) is 4.76. The largest absolute Gasteiger partial charge is 0.310 e. The molecule has 0 aliphatic rings. The van der Waals surface area contributed by atoms with Gasteiger partial charge in [-0.3, -0.25) is 0 Å². The van der Waals surface area contributed by atoms with Crippen LogP contribution in [0.2, 0.25) is 0 Å². The zero-order valence-electron chi connectivity index (χ0n) is 11.7. The topological polar surface area (TPSA) is 24.9 Å². The highest BCUT2D eigenvalue weighted by atomic mass is 32.1. The number of hydrogen-bond donors (Lipinski definition) is 1. The quantitative estimate of drug-likeness (QED) is 0.747. The first-order chi connectivity index (χ1) is 9.78. The zero-order chi connectivity index (χ0) is 13.9. The van der Waals surface area contributed by atoms with Gasteiger partial charge in [0.15, 0.2) is 0 Å². The molecule has 1 atom stereocenters. The molecule has 4 heteroatoms. The van der Waals surface area contributed by atoms with Gasteiger partial charge in [-0.25, -0.2) is 4.98 Å². The third kappa shape index (κ3) is 2.77. The zero-order valence-corrected chi connectivity index (χ0v) is 13.4. The number of benzene rings is 1. The second kappa shape index (κ2) is 6.04. The second-order valence-electron chi connectivity index (χ2n) is 4.90. The fraction of sp³-hybridized carbons (Fsp3) is 0.312. The molecule has 0 aliphatic heterocycles. The third-order valence-electron chi connectivity index (χ3n) is 3.44. The molecule has 2 heterocycles. The number of hydrogen-bond acceptors (Lipinski definition) is 4. The molecule has 104 valence electrons. The molecule has 0 spiro atoms. The van der Waals surface area contributed by atoms with Crippen LogP contribution in [-0.2, 0) is 6.42 Å². The van der Waals surface area contributed by atoms with Crippen molar-refractivity contribution in [2.45, 2.75) is 26.3 Å². The van der Waals surface area contributed by atoms with Gasteiger partial charge < -0.3 is 5.32 Å². The van der Waals surface area contributed by atoms with Gasteiger partial charge in [0, 0.05) is 12.5 Å². The number of aryl methyl sites for hydroxylation is 1. The Morgan fingerprint density at radius 2 is 2.10 bits per heavy atom. The van der Waals surface area contributed by atoms with E-state index in [1.54, 1.807) is 22.7 Å². The van der Waals surface area contributed by atoms with Crippen LogP contribution in [0.4, 0.5) is 0 Å². The van der Waals surface area contributed by atoms with Crippen LogP contribution in [0.15, 0.2) is 35.0 Å². The molecule has 1 unspecified atom stereocenters. The number of aromatic nitrogens is 1. The minimum absolute atomic E-state index is 0.367. The van der Waals surface area contributed by atoms with E-state index in [2.05, 4.69) is 54.2 Å². The predicted molar refractivity (Wildman–Crippen MR) is 88.8 cm³/mol. The van der Waals surface area contributed by atoms with E-state index < -0.39 is 0 Å². The van der Waals surface area contributed by atoms with Crippen molar-refractivity contribution >= 4 is 32.9 Å². The van der Waals surface area contributed by atoms with Gasteiger partial charge in [0.1, 0.15) is 0 Å². The number of fused-ring (bicyclic) bond motifs is 1. The number of thiophene rings is 1. The third-order valence-corrected chi connectivity index (χ3v) is 5.38. The van der Waals surface area contributed by atoms with Crippen molar-refractivity contribution in [3.05, 3.63) is 51.2 Å². The van der Waals surface area contributed by atoms with Crippen LogP contribution in [0.25, 0.3) is 10.2 Å². The molecule has 3 rings (SSSR count). The van der Waals surface area contributed by atoms with Crippen LogP contribution in [0.1, 0.15) is 29.1 Å². The van der Waals surface area contributed by atoms with Crippen molar-refractivity contribution in [2.24, 2.45) is 0 Å². The summed E-state index contributed by atoms with van der Waals surface area (Å²) in [7, 11) is 0. The molecule has 1 aromatic carbocycles. The summed E-state index contributed by atoms with van der Waals surface area (Å²) < 4.78 is 1.28. The van der Waals surface area contributed by atoms with Crippen LogP contribution in [-0.4, -0.2) is 11.5 Å². The van der Waals surface area contributed by atoms with Crippen LogP contribution >= 0.6 is 22.7 Å². The smallest absolute Gasteiger partial charge is 0.0957 e. The fourth-order valence-electron chi connectivity index (χ4n) is 2.45. The molecule has 0 saturated heterocycles. The lowest BCUT2D eigenvalue weighted by Gasteiger charge is -2.16. The first-order valence-corrected chi connectivity index (χ1v) is 8.64. The van der Waals surface area contributed by atoms with Crippen molar-refractivity contribution < 1.29 is 0 Å². The minimum atomic E-state index is 0.367. The predicted octanol–water partition coefficient (Wildman–Crippen LogP) is 4.56. The van der Waals surface area contributed by atoms with E-state index in [0.29, 0.717) is 6.04 Å². The molecule has 0 aliphatic carbocycles. The average Bonchev–Trinajstić information content (AvgIpc) is 3.03. The van der Waals surface area contributed by atoms with Gasteiger partial charge in [-0.2, -0.15) is 11.3 Å². The summed E-state index contributed by atoms with van der Waals surface area (Å²) in [6, 6.07) is 8.74. The lowest BCUT2D eigenvalue weighted by atomic mass is 10.0. The Morgan fingerprint density at radius 1 is 1.25 bits per heavy atom. The maximum Gasteiger partial charge on any atom is 0.0957 e. The van der Waals surface area contributed by atoms with Gasteiger partial charge >= 0.3 is 0 Å². The van der Waals surface area contributed by atoms with Crippen molar-refractivity contribution in [3.8, 4) is 0 Å². The van der Waals surface area contributed by atoms with Gasteiger partial charge in [-0.1, -0.05) is 19.1 Å².